The Morgan fingerprint density at radius 1 is 1.47 bits per heavy atom. The molecule has 0 saturated heterocycles. The monoisotopic (exact) mass is 272 g/mol. The normalized spacial score (nSPS) is 17.7. The Hall–Kier alpha value is -0.480. The molecule has 15 heavy (non-hydrogen) atoms. The molecule has 0 spiro atoms. The largest absolute Gasteiger partial charge is 0.306 e. The summed E-state index contributed by atoms with van der Waals surface area (Å²) in [6.45, 7) is 0.477. The molecule has 1 heterocycles. The third-order valence-electron chi connectivity index (χ3n) is 2.74. The van der Waals surface area contributed by atoms with E-state index < -0.39 is 0 Å². The van der Waals surface area contributed by atoms with Crippen LogP contribution >= 0.6 is 15.9 Å². The first-order valence-corrected chi connectivity index (χ1v) is 5.99. The number of nitrogens with one attached hydrogen (secondary N) is 1. The summed E-state index contributed by atoms with van der Waals surface area (Å²) in [4.78, 5) is 4.39. The first kappa shape index (κ1) is 11.0. The first-order chi connectivity index (χ1) is 7.27. The lowest BCUT2D eigenvalue weighted by Crippen LogP contribution is -2.30. The summed E-state index contributed by atoms with van der Waals surface area (Å²) in [5, 5.41) is 3.39. The summed E-state index contributed by atoms with van der Waals surface area (Å²) >= 11 is 3.36. The Morgan fingerprint density at radius 3 is 2.80 bits per heavy atom. The van der Waals surface area contributed by atoms with E-state index in [9.17, 15) is 4.39 Å². The van der Waals surface area contributed by atoms with Crippen molar-refractivity contribution in [1.82, 2.24) is 10.3 Å². The second kappa shape index (κ2) is 4.58. The van der Waals surface area contributed by atoms with Gasteiger partial charge in [0.25, 0.3) is 0 Å². The van der Waals surface area contributed by atoms with Gasteiger partial charge in [0.15, 0.2) is 0 Å². The zero-order chi connectivity index (χ0) is 10.7. The van der Waals surface area contributed by atoms with Crippen molar-refractivity contribution in [2.75, 3.05) is 13.2 Å². The number of nitrogens with zero attached hydrogens (tertiary/aromatic N) is 1. The average molecular weight is 273 g/mol. The average Bonchev–Trinajstić information content (AvgIpc) is 3.00. The van der Waals surface area contributed by atoms with Crippen molar-refractivity contribution in [2.24, 2.45) is 0 Å². The minimum Gasteiger partial charge on any atom is -0.306 e. The lowest BCUT2D eigenvalue weighted by molar-refractivity contribution is 0.429. The van der Waals surface area contributed by atoms with Crippen molar-refractivity contribution >= 4 is 15.9 Å². The molecule has 0 radical (unpaired) electrons. The molecule has 1 aromatic rings. The van der Waals surface area contributed by atoms with Crippen molar-refractivity contribution in [2.45, 2.75) is 24.8 Å². The standard InChI is InChI=1S/C11H14BrFN2/c12-9-2-3-10(14-8-9)11(4-5-11)15-7-1-6-13/h2-3,8,15H,1,4-7H2. The lowest BCUT2D eigenvalue weighted by Gasteiger charge is -2.16. The number of halogens is 2. The first-order valence-electron chi connectivity index (χ1n) is 5.20. The summed E-state index contributed by atoms with van der Waals surface area (Å²) in [6, 6.07) is 4.03. The molecule has 0 aliphatic heterocycles. The van der Waals surface area contributed by atoms with Crippen LogP contribution in [0.3, 0.4) is 0 Å². The number of hydrogen-bond donors (Lipinski definition) is 1. The molecule has 2 nitrogen and oxygen atoms in total. The summed E-state index contributed by atoms with van der Waals surface area (Å²) in [6.07, 6.45) is 4.60. The van der Waals surface area contributed by atoms with E-state index in [2.05, 4.69) is 26.2 Å². The van der Waals surface area contributed by atoms with Gasteiger partial charge in [0.2, 0.25) is 0 Å². The van der Waals surface area contributed by atoms with E-state index >= 15 is 0 Å². The van der Waals surface area contributed by atoms with E-state index in [4.69, 9.17) is 0 Å². The topological polar surface area (TPSA) is 24.9 Å². The molecule has 1 aliphatic rings. The SMILES string of the molecule is FCCCNC1(c2ccc(Br)cn2)CC1. The number of hydrogen-bond acceptors (Lipinski definition) is 2. The molecular weight excluding hydrogens is 259 g/mol. The fourth-order valence-electron chi connectivity index (χ4n) is 1.70. The molecule has 1 saturated carbocycles. The minimum absolute atomic E-state index is 0.0376. The molecule has 1 N–H and O–H groups in total. The molecule has 1 fully saturated rings. The summed E-state index contributed by atoms with van der Waals surface area (Å²) < 4.78 is 13.0. The van der Waals surface area contributed by atoms with Crippen LogP contribution in [0.1, 0.15) is 25.0 Å². The van der Waals surface area contributed by atoms with Crippen LogP contribution in [0.5, 0.6) is 0 Å². The van der Waals surface area contributed by atoms with Crippen molar-refractivity contribution in [1.29, 1.82) is 0 Å². The van der Waals surface area contributed by atoms with Crippen molar-refractivity contribution in [3.8, 4) is 0 Å². The van der Waals surface area contributed by atoms with E-state index in [1.165, 1.54) is 0 Å². The minimum atomic E-state index is -0.253. The van der Waals surface area contributed by atoms with Gasteiger partial charge in [-0.15, -0.1) is 0 Å². The van der Waals surface area contributed by atoms with Gasteiger partial charge in [-0.3, -0.25) is 9.37 Å². The summed E-state index contributed by atoms with van der Waals surface area (Å²) in [7, 11) is 0. The molecule has 82 valence electrons. The molecule has 0 unspecified atom stereocenters. The van der Waals surface area contributed by atoms with Gasteiger partial charge in [-0.1, -0.05) is 0 Å². The van der Waals surface area contributed by atoms with Crippen molar-refractivity contribution in [3.05, 3.63) is 28.5 Å². The van der Waals surface area contributed by atoms with Crippen LogP contribution in [0, 0.1) is 0 Å². The van der Waals surface area contributed by atoms with Crippen molar-refractivity contribution in [3.63, 3.8) is 0 Å². The fourth-order valence-corrected chi connectivity index (χ4v) is 1.94. The van der Waals surface area contributed by atoms with E-state index in [1.807, 2.05) is 18.3 Å². The molecule has 0 atom stereocenters. The molecule has 1 aromatic heterocycles. The Labute approximate surface area is 97.4 Å². The highest BCUT2D eigenvalue weighted by molar-refractivity contribution is 9.10. The van der Waals surface area contributed by atoms with Gasteiger partial charge >= 0.3 is 0 Å². The lowest BCUT2D eigenvalue weighted by atomic mass is 10.1. The van der Waals surface area contributed by atoms with E-state index in [0.717, 1.165) is 29.6 Å². The highest BCUT2D eigenvalue weighted by atomic mass is 79.9. The highest BCUT2D eigenvalue weighted by Gasteiger charge is 2.44. The molecule has 4 heteroatoms. The van der Waals surface area contributed by atoms with Gasteiger partial charge in [0.05, 0.1) is 17.9 Å². The highest BCUT2D eigenvalue weighted by Crippen LogP contribution is 2.44. The van der Waals surface area contributed by atoms with Gasteiger partial charge in [-0.05, 0) is 53.9 Å². The summed E-state index contributed by atoms with van der Waals surface area (Å²) in [5.74, 6) is 0. The zero-order valence-electron chi connectivity index (χ0n) is 8.47. The van der Waals surface area contributed by atoms with Crippen molar-refractivity contribution < 1.29 is 4.39 Å². The molecular formula is C11H14BrFN2. The number of pyridine rings is 1. The number of rotatable bonds is 5. The molecule has 2 rings (SSSR count). The summed E-state index contributed by atoms with van der Waals surface area (Å²) in [5.41, 5.74) is 1.11. The molecule has 0 amide bonds. The van der Waals surface area contributed by atoms with Gasteiger partial charge < -0.3 is 5.32 Å². The third-order valence-corrected chi connectivity index (χ3v) is 3.21. The van der Waals surface area contributed by atoms with Crippen LogP contribution in [-0.4, -0.2) is 18.2 Å². The molecule has 0 aromatic carbocycles. The number of alkyl halides is 1. The molecule has 0 bridgehead atoms. The Morgan fingerprint density at radius 2 is 2.27 bits per heavy atom. The van der Waals surface area contributed by atoms with E-state index in [0.29, 0.717) is 6.42 Å². The Kier molecular flexibility index (Phi) is 3.36. The predicted octanol–water partition coefficient (Wildman–Crippen LogP) is 2.78. The quantitative estimate of drug-likeness (QED) is 0.834. The van der Waals surface area contributed by atoms with E-state index in [-0.39, 0.29) is 12.2 Å². The molecule has 1 aliphatic carbocycles. The van der Waals surface area contributed by atoms with Gasteiger partial charge in [0.1, 0.15) is 0 Å². The van der Waals surface area contributed by atoms with Gasteiger partial charge in [-0.2, -0.15) is 0 Å². The van der Waals surface area contributed by atoms with E-state index in [1.54, 1.807) is 0 Å². The zero-order valence-corrected chi connectivity index (χ0v) is 10.1. The smallest absolute Gasteiger partial charge is 0.0906 e. The number of aromatic nitrogens is 1. The van der Waals surface area contributed by atoms with Crippen LogP contribution in [-0.2, 0) is 5.54 Å². The maximum absolute atomic E-state index is 12.0. The Balaban J connectivity index is 1.99. The second-order valence-electron chi connectivity index (χ2n) is 3.91. The van der Waals surface area contributed by atoms with Crippen LogP contribution in [0.4, 0.5) is 4.39 Å². The predicted molar refractivity (Wildman–Crippen MR) is 61.4 cm³/mol. The van der Waals surface area contributed by atoms with Crippen LogP contribution < -0.4 is 5.32 Å². The van der Waals surface area contributed by atoms with Crippen LogP contribution in [0.2, 0.25) is 0 Å². The Bertz CT molecular complexity index is 322. The van der Waals surface area contributed by atoms with Gasteiger partial charge in [-0.25, -0.2) is 0 Å². The van der Waals surface area contributed by atoms with Crippen LogP contribution in [0.15, 0.2) is 22.8 Å². The van der Waals surface area contributed by atoms with Crippen LogP contribution in [0.25, 0.3) is 0 Å². The third kappa shape index (κ3) is 2.55. The maximum Gasteiger partial charge on any atom is 0.0906 e. The maximum atomic E-state index is 12.0. The van der Waals surface area contributed by atoms with Gasteiger partial charge in [0, 0.05) is 10.7 Å². The fraction of sp³-hybridized carbons (Fsp3) is 0.545. The second-order valence-corrected chi connectivity index (χ2v) is 4.83.